The smallest absolute Gasteiger partial charge is 0.328 e. The number of aromatic nitrogens is 1. The van der Waals surface area contributed by atoms with E-state index in [1.54, 1.807) is 29.3 Å². The van der Waals surface area contributed by atoms with Crippen molar-refractivity contribution in [1.82, 2.24) is 20.5 Å². The first-order chi connectivity index (χ1) is 22.9. The molecule has 3 aromatic rings. The number of imide groups is 1. The minimum atomic E-state index is -0.380. The Morgan fingerprint density at radius 2 is 1.79 bits per heavy atom. The van der Waals surface area contributed by atoms with Crippen molar-refractivity contribution in [3.63, 3.8) is 0 Å². The number of nitriles is 1. The van der Waals surface area contributed by atoms with Crippen molar-refractivity contribution in [3.8, 4) is 11.8 Å². The lowest BCUT2D eigenvalue weighted by Gasteiger charge is -2.63. The first kappa shape index (κ1) is 33.2. The number of anilines is 2. The fourth-order valence-corrected chi connectivity index (χ4v) is 7.76. The van der Waals surface area contributed by atoms with E-state index in [4.69, 9.17) is 16.3 Å². The highest BCUT2D eigenvalue weighted by Gasteiger charge is 2.64. The molecule has 2 N–H and O–H groups in total. The number of nitrogens with zero attached hydrogens (tertiary/aromatic N) is 5. The molecule has 3 fully saturated rings. The number of rotatable bonds is 8. The molecule has 3 aliphatic rings. The van der Waals surface area contributed by atoms with Crippen molar-refractivity contribution in [2.45, 2.75) is 52.8 Å². The molecule has 12 heteroatoms. The number of hydrogen-bond acceptors (Lipinski definition) is 8. The van der Waals surface area contributed by atoms with Crippen LogP contribution in [0.4, 0.5) is 16.3 Å². The molecule has 2 saturated heterocycles. The molecular formula is C36H40ClN7O4. The zero-order valence-electron chi connectivity index (χ0n) is 27.6. The van der Waals surface area contributed by atoms with Crippen LogP contribution >= 0.6 is 11.6 Å². The minimum Gasteiger partial charge on any atom is -0.489 e. The number of nitrogens with one attached hydrogen (secondary N) is 2. The van der Waals surface area contributed by atoms with Gasteiger partial charge in [0.25, 0.3) is 5.91 Å². The number of amides is 4. The van der Waals surface area contributed by atoms with Crippen molar-refractivity contribution in [3.05, 3.63) is 82.5 Å². The molecule has 2 aliphatic heterocycles. The average Bonchev–Trinajstić information content (AvgIpc) is 3.06. The van der Waals surface area contributed by atoms with E-state index >= 15 is 0 Å². The molecule has 6 rings (SSSR count). The predicted molar refractivity (Wildman–Crippen MR) is 183 cm³/mol. The Morgan fingerprint density at radius 3 is 2.44 bits per heavy atom. The number of hydrogen-bond donors (Lipinski definition) is 2. The van der Waals surface area contributed by atoms with Gasteiger partial charge in [0.2, 0.25) is 5.91 Å². The Kier molecular flexibility index (Phi) is 9.07. The van der Waals surface area contributed by atoms with E-state index in [2.05, 4.69) is 65.2 Å². The lowest BCUT2D eigenvalue weighted by Crippen LogP contribution is -2.74. The maximum atomic E-state index is 13.4. The molecule has 2 aromatic carbocycles. The molecule has 1 aliphatic carbocycles. The third-order valence-corrected chi connectivity index (χ3v) is 10.1. The first-order valence-corrected chi connectivity index (χ1v) is 16.6. The fourth-order valence-electron chi connectivity index (χ4n) is 7.54. The van der Waals surface area contributed by atoms with E-state index in [0.29, 0.717) is 34.9 Å². The van der Waals surface area contributed by atoms with Crippen LogP contribution in [0.2, 0.25) is 5.02 Å². The van der Waals surface area contributed by atoms with E-state index in [9.17, 15) is 19.6 Å². The highest BCUT2D eigenvalue weighted by Crippen LogP contribution is 2.55. The summed E-state index contributed by atoms with van der Waals surface area (Å²) in [6, 6.07) is 18.2. The van der Waals surface area contributed by atoms with Gasteiger partial charge in [-0.3, -0.25) is 24.7 Å². The molecule has 48 heavy (non-hydrogen) atoms. The van der Waals surface area contributed by atoms with Crippen molar-refractivity contribution < 1.29 is 19.1 Å². The van der Waals surface area contributed by atoms with Crippen LogP contribution in [0.25, 0.3) is 0 Å². The maximum absolute atomic E-state index is 13.4. The first-order valence-electron chi connectivity index (χ1n) is 16.2. The topological polar surface area (TPSA) is 131 Å². The Balaban J connectivity index is 1.01. The van der Waals surface area contributed by atoms with Gasteiger partial charge in [-0.25, -0.2) is 9.78 Å². The van der Waals surface area contributed by atoms with Gasteiger partial charge in [0, 0.05) is 80.5 Å². The van der Waals surface area contributed by atoms with E-state index in [1.807, 2.05) is 30.3 Å². The number of halogens is 1. The Labute approximate surface area is 285 Å². The summed E-state index contributed by atoms with van der Waals surface area (Å²) in [4.78, 5) is 48.0. The van der Waals surface area contributed by atoms with Gasteiger partial charge in [-0.2, -0.15) is 5.26 Å². The number of benzene rings is 2. The van der Waals surface area contributed by atoms with Gasteiger partial charge in [-0.05, 0) is 42.0 Å². The highest BCUT2D eigenvalue weighted by atomic mass is 35.5. The van der Waals surface area contributed by atoms with E-state index < -0.39 is 0 Å². The summed E-state index contributed by atoms with van der Waals surface area (Å²) in [6.45, 7) is 12.7. The quantitative estimate of drug-likeness (QED) is 0.343. The third kappa shape index (κ3) is 6.55. The molecule has 0 spiro atoms. The van der Waals surface area contributed by atoms with Crippen LogP contribution in [-0.2, 0) is 11.3 Å². The largest absolute Gasteiger partial charge is 0.489 e. The van der Waals surface area contributed by atoms with Gasteiger partial charge in [-0.1, -0.05) is 51.4 Å². The molecule has 0 unspecified atom stereocenters. The summed E-state index contributed by atoms with van der Waals surface area (Å²) in [6.07, 6.45) is 1.74. The summed E-state index contributed by atoms with van der Waals surface area (Å²) in [5, 5.41) is 15.1. The van der Waals surface area contributed by atoms with Crippen molar-refractivity contribution >= 4 is 41.0 Å². The normalized spacial score (nSPS) is 21.9. The van der Waals surface area contributed by atoms with Gasteiger partial charge in [0.05, 0.1) is 16.1 Å². The van der Waals surface area contributed by atoms with Crippen LogP contribution in [0.1, 0.15) is 55.6 Å². The summed E-state index contributed by atoms with van der Waals surface area (Å²) >= 11 is 6.22. The molecule has 250 valence electrons. The summed E-state index contributed by atoms with van der Waals surface area (Å²) in [7, 11) is 0. The lowest BCUT2D eigenvalue weighted by molar-refractivity contribution is -0.164. The number of urea groups is 1. The molecule has 0 radical (unpaired) electrons. The molecule has 0 bridgehead atoms. The molecule has 0 atom stereocenters. The zero-order valence-corrected chi connectivity index (χ0v) is 28.4. The minimum absolute atomic E-state index is 0.147. The number of pyridine rings is 1. The SMILES string of the molecule is CC1(C)C(NC(=O)c2ccc(N3CCN(Cc4cccc(N5CCC(=O)NC5=O)c4)CC3)nc2)C(C)(C)C1Oc1ccc(C#N)c(Cl)c1. The van der Waals surface area contributed by atoms with Crippen LogP contribution in [0, 0.1) is 22.2 Å². The monoisotopic (exact) mass is 669 g/mol. The van der Waals surface area contributed by atoms with E-state index in [-0.39, 0.29) is 40.8 Å². The number of ether oxygens (including phenoxy) is 1. The second kappa shape index (κ2) is 13.1. The molecule has 11 nitrogen and oxygen atoms in total. The van der Waals surface area contributed by atoms with Crippen molar-refractivity contribution in [1.29, 1.82) is 5.26 Å². The molecule has 1 saturated carbocycles. The van der Waals surface area contributed by atoms with Crippen LogP contribution < -0.4 is 25.2 Å². The standard InChI is InChI=1S/C36H40ClN7O4/c1-35(2)32(36(3,4)33(35)48-27-10-8-24(20-38)28(37)19-27)41-31(46)25-9-11-29(39-21-25)43-16-14-42(15-17-43)22-23-6-5-7-26(18-23)44-13-12-30(45)40-34(44)47/h5-11,18-19,21,32-33H,12-17,22H2,1-4H3,(H,41,46)(H,40,45,47). The van der Waals surface area contributed by atoms with Crippen LogP contribution in [-0.4, -0.2) is 72.6 Å². The van der Waals surface area contributed by atoms with E-state index in [0.717, 1.165) is 49.8 Å². The molecular weight excluding hydrogens is 630 g/mol. The molecule has 3 heterocycles. The predicted octanol–water partition coefficient (Wildman–Crippen LogP) is 4.99. The zero-order chi connectivity index (χ0) is 34.2. The van der Waals surface area contributed by atoms with Crippen molar-refractivity contribution in [2.24, 2.45) is 10.8 Å². The van der Waals surface area contributed by atoms with Gasteiger partial charge in [-0.15, -0.1) is 0 Å². The lowest BCUT2D eigenvalue weighted by atomic mass is 9.49. The average molecular weight is 670 g/mol. The number of carbonyl (C=O) groups excluding carboxylic acids is 3. The number of carbonyl (C=O) groups is 3. The Morgan fingerprint density at radius 1 is 1.04 bits per heavy atom. The van der Waals surface area contributed by atoms with Gasteiger partial charge in [0.1, 0.15) is 23.7 Å². The van der Waals surface area contributed by atoms with Gasteiger partial charge < -0.3 is 15.0 Å². The second-order valence-electron chi connectivity index (χ2n) is 13.9. The summed E-state index contributed by atoms with van der Waals surface area (Å²) in [5.41, 5.74) is 2.06. The van der Waals surface area contributed by atoms with E-state index in [1.165, 1.54) is 0 Å². The molecule has 4 amide bonds. The molecule has 1 aromatic heterocycles. The fraction of sp³-hybridized carbons (Fsp3) is 0.417. The summed E-state index contributed by atoms with van der Waals surface area (Å²) < 4.78 is 6.35. The van der Waals surface area contributed by atoms with Crippen LogP contribution in [0.15, 0.2) is 60.8 Å². The Bertz CT molecular complexity index is 1750. The highest BCUT2D eigenvalue weighted by molar-refractivity contribution is 6.31. The van der Waals surface area contributed by atoms with Crippen LogP contribution in [0.3, 0.4) is 0 Å². The number of piperazine rings is 1. The van der Waals surface area contributed by atoms with Crippen molar-refractivity contribution in [2.75, 3.05) is 42.5 Å². The second-order valence-corrected chi connectivity index (χ2v) is 14.3. The summed E-state index contributed by atoms with van der Waals surface area (Å²) in [5.74, 6) is 0.999. The Hall–Kier alpha value is -4.66. The van der Waals surface area contributed by atoms with Crippen LogP contribution in [0.5, 0.6) is 5.75 Å². The van der Waals surface area contributed by atoms with Gasteiger partial charge in [0.15, 0.2) is 0 Å². The maximum Gasteiger partial charge on any atom is 0.328 e. The third-order valence-electron chi connectivity index (χ3n) is 9.82. The van der Waals surface area contributed by atoms with Gasteiger partial charge >= 0.3 is 6.03 Å².